The van der Waals surface area contributed by atoms with Crippen LogP contribution in [0.2, 0.25) is 0 Å². The van der Waals surface area contributed by atoms with Crippen LogP contribution in [0.15, 0.2) is 12.2 Å². The van der Waals surface area contributed by atoms with Gasteiger partial charge < -0.3 is 14.1 Å². The van der Waals surface area contributed by atoms with Crippen LogP contribution in [0.3, 0.4) is 0 Å². The van der Waals surface area contributed by atoms with Crippen molar-refractivity contribution in [3.63, 3.8) is 0 Å². The van der Waals surface area contributed by atoms with Crippen molar-refractivity contribution in [3.05, 3.63) is 12.2 Å². The molecule has 1 aliphatic heterocycles. The summed E-state index contributed by atoms with van der Waals surface area (Å²) in [7, 11) is 2.26. The van der Waals surface area contributed by atoms with E-state index in [4.69, 9.17) is 9.26 Å². The second kappa shape index (κ2) is 7.94. The van der Waals surface area contributed by atoms with Crippen LogP contribution < -0.4 is 0 Å². The fourth-order valence-electron chi connectivity index (χ4n) is 1.99. The minimum Gasteiger partial charge on any atom is -0.368 e. The summed E-state index contributed by atoms with van der Waals surface area (Å²) in [4.78, 5) is 10.8. The van der Waals surface area contributed by atoms with Crippen LogP contribution in [-0.4, -0.2) is 25.1 Å². The summed E-state index contributed by atoms with van der Waals surface area (Å²) in [6, 6.07) is 0. The molecule has 92 valence electrons. The fourth-order valence-corrected chi connectivity index (χ4v) is 2.27. The molecule has 4 heteroatoms. The first-order valence-corrected chi connectivity index (χ1v) is 6.38. The zero-order valence-electron chi connectivity index (χ0n) is 9.80. The number of rotatable bonds is 7. The maximum atomic E-state index is 10.8. The summed E-state index contributed by atoms with van der Waals surface area (Å²) in [6.45, 7) is 2.69. The Balaban J connectivity index is 2.34. The first-order valence-electron chi connectivity index (χ1n) is 5.90. The van der Waals surface area contributed by atoms with E-state index in [0.717, 1.165) is 25.5 Å². The molecule has 1 fully saturated rings. The molecule has 0 aromatic carbocycles. The Labute approximate surface area is 99.9 Å². The van der Waals surface area contributed by atoms with Gasteiger partial charge in [-0.25, -0.2) is 0 Å². The van der Waals surface area contributed by atoms with Crippen LogP contribution in [-0.2, 0) is 14.1 Å². The summed E-state index contributed by atoms with van der Waals surface area (Å²) in [5.41, 5.74) is 0. The van der Waals surface area contributed by atoms with Crippen molar-refractivity contribution in [3.8, 4) is 0 Å². The van der Waals surface area contributed by atoms with E-state index in [0.29, 0.717) is 6.61 Å². The number of carbonyl (C=O) groups excluding carboxylic acids is 1. The van der Waals surface area contributed by atoms with E-state index >= 15 is 0 Å². The van der Waals surface area contributed by atoms with Crippen LogP contribution in [0.25, 0.3) is 0 Å². The van der Waals surface area contributed by atoms with Gasteiger partial charge in [0.2, 0.25) is 0 Å². The zero-order valence-corrected chi connectivity index (χ0v) is 11.0. The van der Waals surface area contributed by atoms with Gasteiger partial charge in [0.15, 0.2) is 0 Å². The molecular weight excluding hydrogens is 223 g/mol. The maximum absolute atomic E-state index is 10.8. The van der Waals surface area contributed by atoms with Crippen LogP contribution in [0.5, 0.6) is 0 Å². The predicted molar refractivity (Wildman–Crippen MR) is 67.2 cm³/mol. The van der Waals surface area contributed by atoms with E-state index in [1.54, 1.807) is 0 Å². The molecule has 4 atom stereocenters. The lowest BCUT2D eigenvalue weighted by Crippen LogP contribution is -2.25. The van der Waals surface area contributed by atoms with Gasteiger partial charge in [-0.1, -0.05) is 25.5 Å². The molecule has 0 saturated carbocycles. The van der Waals surface area contributed by atoms with Gasteiger partial charge in [-0.15, -0.1) is 0 Å². The van der Waals surface area contributed by atoms with Gasteiger partial charge in [-0.2, -0.15) is 0 Å². The molecule has 4 unspecified atom stereocenters. The smallest absolute Gasteiger partial charge is 0.149 e. The molecule has 0 bridgehead atoms. The molecule has 0 N–H and O–H groups in total. The standard InChI is InChI=1S/C12H21O3P/c1-2-3-4-5-6-7-10-11(8-13)14-9-12(10)15-16/h4-5,8,10-12H,2-3,6-7,9,16H2,1H3/b5-4+. The normalized spacial score (nSPS) is 30.0. The molecule has 1 heterocycles. The number of unbranched alkanes of at least 4 members (excludes halogenated alkanes) is 1. The molecule has 3 nitrogen and oxygen atoms in total. The average molecular weight is 244 g/mol. The Kier molecular flexibility index (Phi) is 6.86. The summed E-state index contributed by atoms with van der Waals surface area (Å²) in [5.74, 6) is 0.196. The predicted octanol–water partition coefficient (Wildman–Crippen LogP) is 2.51. The number of carbonyl (C=O) groups is 1. The van der Waals surface area contributed by atoms with Crippen molar-refractivity contribution in [1.29, 1.82) is 0 Å². The number of ether oxygens (including phenoxy) is 1. The third kappa shape index (κ3) is 3.97. The van der Waals surface area contributed by atoms with E-state index in [1.807, 2.05) is 0 Å². The monoisotopic (exact) mass is 244 g/mol. The number of hydrogen-bond donors (Lipinski definition) is 0. The summed E-state index contributed by atoms with van der Waals surface area (Å²) in [6.07, 6.45) is 9.27. The van der Waals surface area contributed by atoms with Crippen molar-refractivity contribution in [2.75, 3.05) is 6.61 Å². The van der Waals surface area contributed by atoms with Crippen LogP contribution in [0.4, 0.5) is 0 Å². The largest absolute Gasteiger partial charge is 0.368 e. The van der Waals surface area contributed by atoms with Gasteiger partial charge in [0.05, 0.1) is 12.7 Å². The van der Waals surface area contributed by atoms with E-state index in [2.05, 4.69) is 28.5 Å². The van der Waals surface area contributed by atoms with E-state index in [1.165, 1.54) is 6.42 Å². The Bertz CT molecular complexity index is 230. The quantitative estimate of drug-likeness (QED) is 0.392. The van der Waals surface area contributed by atoms with Crippen molar-refractivity contribution in [2.45, 2.75) is 44.8 Å². The second-order valence-electron chi connectivity index (χ2n) is 4.11. The molecule has 1 rings (SSSR count). The van der Waals surface area contributed by atoms with Gasteiger partial charge >= 0.3 is 0 Å². The molecule has 1 aliphatic rings. The average Bonchev–Trinajstić information content (AvgIpc) is 2.71. The highest BCUT2D eigenvalue weighted by atomic mass is 31.0. The molecule has 0 amide bonds. The molecule has 1 saturated heterocycles. The fraction of sp³-hybridized carbons (Fsp3) is 0.750. The van der Waals surface area contributed by atoms with Gasteiger partial charge in [0.1, 0.15) is 12.4 Å². The molecule has 0 spiro atoms. The molecule has 0 radical (unpaired) electrons. The Morgan fingerprint density at radius 2 is 2.19 bits per heavy atom. The lowest BCUT2D eigenvalue weighted by Gasteiger charge is -2.17. The van der Waals surface area contributed by atoms with Gasteiger partial charge in [-0.3, -0.25) is 0 Å². The van der Waals surface area contributed by atoms with Crippen molar-refractivity contribution < 1.29 is 14.1 Å². The Hall–Kier alpha value is -0.240. The van der Waals surface area contributed by atoms with E-state index in [9.17, 15) is 4.79 Å². The van der Waals surface area contributed by atoms with Crippen molar-refractivity contribution in [2.24, 2.45) is 5.92 Å². The van der Waals surface area contributed by atoms with Crippen molar-refractivity contribution >= 4 is 15.8 Å². The van der Waals surface area contributed by atoms with Crippen LogP contribution in [0, 0.1) is 5.92 Å². The van der Waals surface area contributed by atoms with Crippen LogP contribution in [0.1, 0.15) is 32.6 Å². The lowest BCUT2D eigenvalue weighted by molar-refractivity contribution is -0.117. The molecular formula is C12H21O3P. The SMILES string of the molecule is CCC/C=C/CCC1C(C=O)OCC1OP. The van der Waals surface area contributed by atoms with Gasteiger partial charge in [-0.05, 0) is 19.3 Å². The molecule has 0 aromatic rings. The highest BCUT2D eigenvalue weighted by molar-refractivity contribution is 7.09. The summed E-state index contributed by atoms with van der Waals surface area (Å²) < 4.78 is 10.6. The van der Waals surface area contributed by atoms with Gasteiger partial charge in [0, 0.05) is 15.4 Å². The van der Waals surface area contributed by atoms with Crippen LogP contribution >= 0.6 is 9.47 Å². The third-order valence-electron chi connectivity index (χ3n) is 2.95. The number of aldehydes is 1. The molecule has 0 aliphatic carbocycles. The number of allylic oxidation sites excluding steroid dienone is 2. The number of hydrogen-bond acceptors (Lipinski definition) is 3. The van der Waals surface area contributed by atoms with E-state index < -0.39 is 0 Å². The minimum absolute atomic E-state index is 0.0415. The topological polar surface area (TPSA) is 35.5 Å². The highest BCUT2D eigenvalue weighted by Gasteiger charge is 2.36. The minimum atomic E-state index is -0.287. The Morgan fingerprint density at radius 1 is 1.44 bits per heavy atom. The molecule has 16 heavy (non-hydrogen) atoms. The Morgan fingerprint density at radius 3 is 2.81 bits per heavy atom. The first kappa shape index (κ1) is 13.8. The second-order valence-corrected chi connectivity index (χ2v) is 4.38. The summed E-state index contributed by atoms with van der Waals surface area (Å²) in [5, 5.41) is 0. The molecule has 0 aromatic heterocycles. The van der Waals surface area contributed by atoms with Gasteiger partial charge in [0.25, 0.3) is 0 Å². The first-order chi connectivity index (χ1) is 7.83. The van der Waals surface area contributed by atoms with E-state index in [-0.39, 0.29) is 18.1 Å². The maximum Gasteiger partial charge on any atom is 0.149 e. The summed E-state index contributed by atoms with van der Waals surface area (Å²) >= 11 is 0. The third-order valence-corrected chi connectivity index (χ3v) is 3.30. The zero-order chi connectivity index (χ0) is 11.8. The van der Waals surface area contributed by atoms with Crippen molar-refractivity contribution in [1.82, 2.24) is 0 Å². The lowest BCUT2D eigenvalue weighted by atomic mass is 9.94. The highest BCUT2D eigenvalue weighted by Crippen LogP contribution is 2.28.